The van der Waals surface area contributed by atoms with Crippen molar-refractivity contribution in [2.75, 3.05) is 14.2 Å². The number of ether oxygens (including phenoxy) is 3. The number of non-ortho nitro benzene ring substituents is 1. The van der Waals surface area contributed by atoms with Crippen molar-refractivity contribution in [3.05, 3.63) is 69.4 Å². The lowest BCUT2D eigenvalue weighted by Crippen LogP contribution is -2.05. The van der Waals surface area contributed by atoms with E-state index in [1.165, 1.54) is 38.5 Å². The largest absolute Gasteiger partial charge is 0.497 e. The standard InChI is InChI=1S/C18H14N2O6/c1-24-14-7-6-11(16(10-14)25-2)9-15-18(21)26-17(19-15)12-4-3-5-13(8-12)20(22)23/h3-10H,1-2H3. The number of cyclic esters (lactones) is 1. The number of aliphatic imine (C=N–C) groups is 1. The summed E-state index contributed by atoms with van der Waals surface area (Å²) in [5, 5.41) is 10.9. The second-order valence-electron chi connectivity index (χ2n) is 5.25. The first kappa shape index (κ1) is 17.2. The van der Waals surface area contributed by atoms with Gasteiger partial charge in [-0.1, -0.05) is 6.07 Å². The summed E-state index contributed by atoms with van der Waals surface area (Å²) >= 11 is 0. The zero-order valence-corrected chi connectivity index (χ0v) is 14.0. The van der Waals surface area contributed by atoms with Gasteiger partial charge in [-0.3, -0.25) is 10.1 Å². The molecular formula is C18H14N2O6. The second kappa shape index (κ2) is 7.06. The predicted octanol–water partition coefficient (Wildman–Crippen LogP) is 2.96. The molecule has 1 aliphatic heterocycles. The van der Waals surface area contributed by atoms with Gasteiger partial charge < -0.3 is 14.2 Å². The van der Waals surface area contributed by atoms with E-state index in [2.05, 4.69) is 4.99 Å². The molecule has 0 saturated heterocycles. The Kier molecular flexibility index (Phi) is 4.66. The summed E-state index contributed by atoms with van der Waals surface area (Å²) in [4.78, 5) is 26.6. The van der Waals surface area contributed by atoms with Crippen LogP contribution in [0.5, 0.6) is 11.5 Å². The van der Waals surface area contributed by atoms with Crippen LogP contribution in [0.15, 0.2) is 53.2 Å². The van der Waals surface area contributed by atoms with E-state index >= 15 is 0 Å². The Labute approximate surface area is 148 Å². The summed E-state index contributed by atoms with van der Waals surface area (Å²) in [6.45, 7) is 0. The molecule has 1 aliphatic rings. The number of nitro benzene ring substituents is 1. The van der Waals surface area contributed by atoms with Gasteiger partial charge in [0.15, 0.2) is 5.70 Å². The van der Waals surface area contributed by atoms with E-state index in [9.17, 15) is 14.9 Å². The first-order valence-electron chi connectivity index (χ1n) is 7.51. The van der Waals surface area contributed by atoms with Crippen LogP contribution in [0.1, 0.15) is 11.1 Å². The Bertz CT molecular complexity index is 948. The van der Waals surface area contributed by atoms with Gasteiger partial charge in [0.1, 0.15) is 11.5 Å². The minimum absolute atomic E-state index is 0.0115. The number of carbonyl (C=O) groups is 1. The maximum Gasteiger partial charge on any atom is 0.363 e. The molecule has 8 heteroatoms. The number of nitrogens with zero attached hydrogens (tertiary/aromatic N) is 2. The van der Waals surface area contributed by atoms with Crippen molar-refractivity contribution in [3.8, 4) is 11.5 Å². The van der Waals surface area contributed by atoms with Gasteiger partial charge >= 0.3 is 5.97 Å². The Morgan fingerprint density at radius 3 is 2.65 bits per heavy atom. The fraction of sp³-hybridized carbons (Fsp3) is 0.111. The molecule has 0 aliphatic carbocycles. The minimum Gasteiger partial charge on any atom is -0.497 e. The highest BCUT2D eigenvalue weighted by Gasteiger charge is 2.25. The molecule has 132 valence electrons. The van der Waals surface area contributed by atoms with Crippen LogP contribution in [-0.2, 0) is 9.53 Å². The summed E-state index contributed by atoms with van der Waals surface area (Å²) < 4.78 is 15.6. The highest BCUT2D eigenvalue weighted by Crippen LogP contribution is 2.28. The molecule has 0 spiro atoms. The van der Waals surface area contributed by atoms with Gasteiger partial charge in [-0.25, -0.2) is 9.79 Å². The molecule has 0 aromatic heterocycles. The quantitative estimate of drug-likeness (QED) is 0.354. The SMILES string of the molecule is COc1ccc(C=C2N=C(c3cccc([N+](=O)[O-])c3)OC2=O)c(OC)c1. The number of carbonyl (C=O) groups excluding carboxylic acids is 1. The molecule has 0 fully saturated rings. The van der Waals surface area contributed by atoms with Crippen molar-refractivity contribution in [1.29, 1.82) is 0 Å². The Hall–Kier alpha value is -3.68. The van der Waals surface area contributed by atoms with Crippen molar-refractivity contribution in [2.24, 2.45) is 4.99 Å². The average Bonchev–Trinajstić information content (AvgIpc) is 3.02. The molecule has 26 heavy (non-hydrogen) atoms. The number of nitro groups is 1. The molecule has 8 nitrogen and oxygen atoms in total. The number of methoxy groups -OCH3 is 2. The molecule has 0 radical (unpaired) electrons. The van der Waals surface area contributed by atoms with Crippen LogP contribution in [0.4, 0.5) is 5.69 Å². The molecule has 0 atom stereocenters. The van der Waals surface area contributed by atoms with Crippen LogP contribution in [0.25, 0.3) is 6.08 Å². The van der Waals surface area contributed by atoms with Crippen molar-refractivity contribution in [2.45, 2.75) is 0 Å². The fourth-order valence-electron chi connectivity index (χ4n) is 2.37. The van der Waals surface area contributed by atoms with Crippen molar-refractivity contribution in [3.63, 3.8) is 0 Å². The van der Waals surface area contributed by atoms with Crippen molar-refractivity contribution < 1.29 is 23.9 Å². The van der Waals surface area contributed by atoms with Gasteiger partial charge in [0.2, 0.25) is 5.90 Å². The lowest BCUT2D eigenvalue weighted by molar-refractivity contribution is -0.384. The molecule has 0 unspecified atom stereocenters. The van der Waals surface area contributed by atoms with Crippen LogP contribution in [-0.4, -0.2) is 31.0 Å². The number of hydrogen-bond acceptors (Lipinski definition) is 7. The Balaban J connectivity index is 1.97. The van der Waals surface area contributed by atoms with Crippen molar-refractivity contribution in [1.82, 2.24) is 0 Å². The smallest absolute Gasteiger partial charge is 0.363 e. The zero-order chi connectivity index (χ0) is 18.7. The molecule has 2 aromatic rings. The third-order valence-corrected chi connectivity index (χ3v) is 3.66. The third-order valence-electron chi connectivity index (χ3n) is 3.66. The topological polar surface area (TPSA) is 100 Å². The fourth-order valence-corrected chi connectivity index (χ4v) is 2.37. The Morgan fingerprint density at radius 2 is 1.96 bits per heavy atom. The van der Waals surface area contributed by atoms with E-state index in [0.29, 0.717) is 22.6 Å². The zero-order valence-electron chi connectivity index (χ0n) is 14.0. The highest BCUT2D eigenvalue weighted by atomic mass is 16.6. The lowest BCUT2D eigenvalue weighted by Gasteiger charge is -2.07. The van der Waals surface area contributed by atoms with E-state index in [1.54, 1.807) is 24.3 Å². The van der Waals surface area contributed by atoms with E-state index in [4.69, 9.17) is 14.2 Å². The molecule has 0 amide bonds. The van der Waals surface area contributed by atoms with E-state index < -0.39 is 10.9 Å². The number of rotatable bonds is 5. The molecule has 0 saturated carbocycles. The third kappa shape index (κ3) is 3.39. The number of esters is 1. The van der Waals surface area contributed by atoms with Crippen LogP contribution < -0.4 is 9.47 Å². The van der Waals surface area contributed by atoms with Gasteiger partial charge in [0.05, 0.1) is 19.1 Å². The lowest BCUT2D eigenvalue weighted by atomic mass is 10.1. The molecule has 3 rings (SSSR count). The van der Waals surface area contributed by atoms with Gasteiger partial charge in [-0.15, -0.1) is 0 Å². The summed E-state index contributed by atoms with van der Waals surface area (Å²) in [6, 6.07) is 10.8. The number of benzene rings is 2. The summed E-state index contributed by atoms with van der Waals surface area (Å²) in [5.74, 6) is 0.476. The maximum absolute atomic E-state index is 12.1. The first-order chi connectivity index (χ1) is 12.5. The van der Waals surface area contributed by atoms with E-state index in [1.807, 2.05) is 0 Å². The number of hydrogen-bond donors (Lipinski definition) is 0. The minimum atomic E-state index is -0.649. The molecule has 1 heterocycles. The average molecular weight is 354 g/mol. The summed E-state index contributed by atoms with van der Waals surface area (Å²) in [5.41, 5.74) is 0.910. The van der Waals surface area contributed by atoms with Crippen LogP contribution in [0.2, 0.25) is 0 Å². The monoisotopic (exact) mass is 354 g/mol. The van der Waals surface area contributed by atoms with Crippen LogP contribution >= 0.6 is 0 Å². The van der Waals surface area contributed by atoms with Gasteiger partial charge in [-0.05, 0) is 24.3 Å². The highest BCUT2D eigenvalue weighted by molar-refractivity contribution is 6.13. The first-order valence-corrected chi connectivity index (χ1v) is 7.51. The Morgan fingerprint density at radius 1 is 1.15 bits per heavy atom. The van der Waals surface area contributed by atoms with E-state index in [0.717, 1.165) is 0 Å². The maximum atomic E-state index is 12.1. The molecular weight excluding hydrogens is 340 g/mol. The van der Waals surface area contributed by atoms with Gasteiger partial charge in [-0.2, -0.15) is 0 Å². The second-order valence-corrected chi connectivity index (χ2v) is 5.25. The van der Waals surface area contributed by atoms with Gasteiger partial charge in [0, 0.05) is 29.3 Å². The van der Waals surface area contributed by atoms with E-state index in [-0.39, 0.29) is 17.3 Å². The molecule has 0 bridgehead atoms. The van der Waals surface area contributed by atoms with Crippen LogP contribution in [0.3, 0.4) is 0 Å². The van der Waals surface area contributed by atoms with Gasteiger partial charge in [0.25, 0.3) is 5.69 Å². The van der Waals surface area contributed by atoms with Crippen molar-refractivity contribution >= 4 is 23.6 Å². The summed E-state index contributed by atoms with van der Waals surface area (Å²) in [6.07, 6.45) is 1.52. The molecule has 0 N–H and O–H groups in total. The molecule has 2 aromatic carbocycles. The normalized spacial score (nSPS) is 14.8. The predicted molar refractivity (Wildman–Crippen MR) is 93.2 cm³/mol. The summed E-state index contributed by atoms with van der Waals surface area (Å²) in [7, 11) is 3.04. The van der Waals surface area contributed by atoms with Crippen LogP contribution in [0, 0.1) is 10.1 Å².